The Kier molecular flexibility index (Phi) is 5.62. The summed E-state index contributed by atoms with van der Waals surface area (Å²) in [6, 6.07) is 12.8. The molecule has 5 rings (SSSR count). The summed E-state index contributed by atoms with van der Waals surface area (Å²) in [5, 5.41) is 8.97. The maximum atomic E-state index is 14.6. The van der Waals surface area contributed by atoms with Crippen LogP contribution >= 0.6 is 0 Å². The van der Waals surface area contributed by atoms with E-state index in [1.165, 1.54) is 0 Å². The number of fused-ring (bicyclic) bond motifs is 1. The maximum Gasteiger partial charge on any atom is 0.237 e. The summed E-state index contributed by atoms with van der Waals surface area (Å²) >= 11 is 0. The Labute approximate surface area is 203 Å². The SMILES string of the molecule is CCN1C(=O)C(C)(C)c2ccc(Nc3ncc(F)c(Nc4ccccc4NC(=O)C4CC4)n3)cc21. The molecule has 0 spiro atoms. The largest absolute Gasteiger partial charge is 0.336 e. The fourth-order valence-corrected chi connectivity index (χ4v) is 4.29. The average molecular weight is 475 g/mol. The lowest BCUT2D eigenvalue weighted by Crippen LogP contribution is -2.35. The quantitative estimate of drug-likeness (QED) is 0.441. The van der Waals surface area contributed by atoms with Crippen LogP contribution in [0.25, 0.3) is 0 Å². The molecule has 1 fully saturated rings. The number of carbonyl (C=O) groups excluding carboxylic acids is 2. The van der Waals surface area contributed by atoms with E-state index in [4.69, 9.17) is 0 Å². The second kappa shape index (κ2) is 8.65. The van der Waals surface area contributed by atoms with Gasteiger partial charge in [-0.05, 0) is 63.4 Å². The fraction of sp³-hybridized carbons (Fsp3) is 0.308. The molecule has 9 heteroatoms. The number of nitrogens with one attached hydrogen (secondary N) is 3. The summed E-state index contributed by atoms with van der Waals surface area (Å²) in [5.41, 5.74) is 2.98. The Hall–Kier alpha value is -4.01. The van der Waals surface area contributed by atoms with Gasteiger partial charge in [0.1, 0.15) is 0 Å². The van der Waals surface area contributed by atoms with Gasteiger partial charge in [0, 0.05) is 23.8 Å². The molecule has 1 aliphatic carbocycles. The van der Waals surface area contributed by atoms with E-state index in [1.807, 2.05) is 39.0 Å². The zero-order valence-corrected chi connectivity index (χ0v) is 19.9. The van der Waals surface area contributed by atoms with E-state index in [1.54, 1.807) is 29.2 Å². The van der Waals surface area contributed by atoms with Gasteiger partial charge in [-0.2, -0.15) is 4.98 Å². The summed E-state index contributed by atoms with van der Waals surface area (Å²) in [4.78, 5) is 35.1. The van der Waals surface area contributed by atoms with Gasteiger partial charge in [0.2, 0.25) is 17.8 Å². The number of rotatable bonds is 7. The highest BCUT2D eigenvalue weighted by molar-refractivity contribution is 6.08. The van der Waals surface area contributed by atoms with E-state index in [0.717, 1.165) is 30.3 Å². The van der Waals surface area contributed by atoms with Gasteiger partial charge in [-0.25, -0.2) is 9.37 Å². The number of benzene rings is 2. The minimum absolute atomic E-state index is 0.0247. The van der Waals surface area contributed by atoms with Gasteiger partial charge in [-0.3, -0.25) is 9.59 Å². The summed E-state index contributed by atoms with van der Waals surface area (Å²) in [6.45, 7) is 6.34. The van der Waals surface area contributed by atoms with Gasteiger partial charge in [-0.1, -0.05) is 18.2 Å². The highest BCUT2D eigenvalue weighted by Gasteiger charge is 2.43. The summed E-state index contributed by atoms with van der Waals surface area (Å²) in [6.07, 6.45) is 2.87. The van der Waals surface area contributed by atoms with Gasteiger partial charge in [-0.15, -0.1) is 0 Å². The van der Waals surface area contributed by atoms with Crippen molar-refractivity contribution in [1.29, 1.82) is 0 Å². The Balaban J connectivity index is 1.38. The number of para-hydroxylation sites is 2. The van der Waals surface area contributed by atoms with Crippen LogP contribution in [0.15, 0.2) is 48.7 Å². The third-order valence-corrected chi connectivity index (χ3v) is 6.44. The summed E-state index contributed by atoms with van der Waals surface area (Å²) < 4.78 is 14.6. The number of hydrogen-bond donors (Lipinski definition) is 3. The van der Waals surface area contributed by atoms with Crippen LogP contribution in [0.2, 0.25) is 0 Å². The molecule has 3 N–H and O–H groups in total. The van der Waals surface area contributed by atoms with E-state index < -0.39 is 11.2 Å². The number of hydrogen-bond acceptors (Lipinski definition) is 6. The number of anilines is 6. The maximum absolute atomic E-state index is 14.6. The van der Waals surface area contributed by atoms with Crippen molar-refractivity contribution in [2.45, 2.75) is 39.0 Å². The standard InChI is InChI=1S/C26H27FN6O2/c1-4-33-21-13-16(11-12-17(21)26(2,3)24(33)35)29-25-28-14-18(27)22(32-25)30-19-7-5-6-8-20(19)31-23(34)15-9-10-15/h5-8,11-15H,4,9-10H2,1-3H3,(H,31,34)(H2,28,29,30,32). The molecule has 0 atom stereocenters. The molecule has 2 heterocycles. The lowest BCUT2D eigenvalue weighted by atomic mass is 9.86. The topological polar surface area (TPSA) is 99.3 Å². The molecule has 1 aromatic heterocycles. The zero-order valence-electron chi connectivity index (χ0n) is 19.9. The molecule has 180 valence electrons. The number of amides is 2. The number of aromatic nitrogens is 2. The predicted octanol–water partition coefficient (Wildman–Crippen LogP) is 5.10. The zero-order chi connectivity index (χ0) is 24.7. The van der Waals surface area contributed by atoms with Crippen molar-refractivity contribution in [3.05, 3.63) is 60.0 Å². The second-order valence-electron chi connectivity index (χ2n) is 9.36. The monoisotopic (exact) mass is 474 g/mol. The molecule has 1 saturated carbocycles. The minimum Gasteiger partial charge on any atom is -0.336 e. The van der Waals surface area contributed by atoms with E-state index in [0.29, 0.717) is 23.6 Å². The van der Waals surface area contributed by atoms with Crippen LogP contribution in [0.1, 0.15) is 39.2 Å². The molecule has 1 aliphatic heterocycles. The van der Waals surface area contributed by atoms with Crippen LogP contribution in [0.5, 0.6) is 0 Å². The molecule has 8 nitrogen and oxygen atoms in total. The summed E-state index contributed by atoms with van der Waals surface area (Å²) in [5.74, 6) is -0.389. The third-order valence-electron chi connectivity index (χ3n) is 6.44. The molecule has 2 amide bonds. The van der Waals surface area contributed by atoms with Gasteiger partial charge >= 0.3 is 0 Å². The molecule has 0 unspecified atom stereocenters. The van der Waals surface area contributed by atoms with E-state index in [2.05, 4.69) is 25.9 Å². The Morgan fingerprint density at radius 3 is 2.60 bits per heavy atom. The predicted molar refractivity (Wildman–Crippen MR) is 134 cm³/mol. The second-order valence-corrected chi connectivity index (χ2v) is 9.36. The van der Waals surface area contributed by atoms with E-state index >= 15 is 0 Å². The van der Waals surface area contributed by atoms with Crippen molar-refractivity contribution in [2.24, 2.45) is 5.92 Å². The first kappa shape index (κ1) is 22.8. The van der Waals surface area contributed by atoms with Crippen LogP contribution in [-0.2, 0) is 15.0 Å². The molecular formula is C26H27FN6O2. The molecule has 3 aromatic rings. The first-order valence-electron chi connectivity index (χ1n) is 11.7. The van der Waals surface area contributed by atoms with Crippen LogP contribution in [0.4, 0.5) is 38.9 Å². The number of carbonyl (C=O) groups is 2. The fourth-order valence-electron chi connectivity index (χ4n) is 4.29. The first-order chi connectivity index (χ1) is 16.8. The molecule has 2 aromatic carbocycles. The smallest absolute Gasteiger partial charge is 0.237 e. The first-order valence-corrected chi connectivity index (χ1v) is 11.7. The molecule has 0 radical (unpaired) electrons. The van der Waals surface area contributed by atoms with Crippen molar-refractivity contribution < 1.29 is 14.0 Å². The number of nitrogens with zero attached hydrogens (tertiary/aromatic N) is 3. The molecule has 2 aliphatic rings. The van der Waals surface area contributed by atoms with Crippen LogP contribution < -0.4 is 20.9 Å². The van der Waals surface area contributed by atoms with E-state index in [9.17, 15) is 14.0 Å². The Morgan fingerprint density at radius 1 is 1.14 bits per heavy atom. The number of likely N-dealkylation sites (N-methyl/N-ethyl adjacent to an activating group) is 1. The normalized spacial score (nSPS) is 16.1. The third kappa shape index (κ3) is 4.29. The lowest BCUT2D eigenvalue weighted by Gasteiger charge is -2.18. The van der Waals surface area contributed by atoms with Gasteiger partial charge < -0.3 is 20.9 Å². The number of halogens is 1. The van der Waals surface area contributed by atoms with Crippen LogP contribution in [-0.4, -0.2) is 28.3 Å². The molecule has 0 saturated heterocycles. The van der Waals surface area contributed by atoms with E-state index in [-0.39, 0.29) is 29.5 Å². The van der Waals surface area contributed by atoms with Crippen molar-refractivity contribution in [3.63, 3.8) is 0 Å². The van der Waals surface area contributed by atoms with Crippen LogP contribution in [0, 0.1) is 11.7 Å². The lowest BCUT2D eigenvalue weighted by molar-refractivity contribution is -0.122. The Bertz CT molecular complexity index is 1320. The minimum atomic E-state index is -0.627. The summed E-state index contributed by atoms with van der Waals surface area (Å²) in [7, 11) is 0. The van der Waals surface area contributed by atoms with Gasteiger partial charge in [0.15, 0.2) is 11.6 Å². The van der Waals surface area contributed by atoms with Crippen molar-refractivity contribution >= 4 is 46.3 Å². The van der Waals surface area contributed by atoms with Gasteiger partial charge in [0.25, 0.3) is 0 Å². The molecular weight excluding hydrogens is 447 g/mol. The highest BCUT2D eigenvalue weighted by Crippen LogP contribution is 2.43. The average Bonchev–Trinajstić information content (AvgIpc) is 3.66. The highest BCUT2D eigenvalue weighted by atomic mass is 19.1. The van der Waals surface area contributed by atoms with Gasteiger partial charge in [0.05, 0.1) is 23.0 Å². The molecule has 35 heavy (non-hydrogen) atoms. The molecule has 0 bridgehead atoms. The van der Waals surface area contributed by atoms with Crippen molar-refractivity contribution in [3.8, 4) is 0 Å². The van der Waals surface area contributed by atoms with Crippen LogP contribution in [0.3, 0.4) is 0 Å². The van der Waals surface area contributed by atoms with Crippen molar-refractivity contribution in [2.75, 3.05) is 27.4 Å². The Morgan fingerprint density at radius 2 is 1.89 bits per heavy atom. The van der Waals surface area contributed by atoms with Crippen molar-refractivity contribution in [1.82, 2.24) is 9.97 Å².